The monoisotopic (exact) mass is 316 g/mol. The van der Waals surface area contributed by atoms with Crippen LogP contribution in [0, 0.1) is 11.7 Å². The first-order valence-corrected chi connectivity index (χ1v) is 8.38. The van der Waals surface area contributed by atoms with E-state index in [1.807, 2.05) is 24.4 Å². The number of allylic oxidation sites excluding steroid dienone is 2. The maximum atomic E-state index is 14.4. The van der Waals surface area contributed by atoms with Gasteiger partial charge in [-0.1, -0.05) is 36.4 Å². The van der Waals surface area contributed by atoms with E-state index in [-0.39, 0.29) is 11.9 Å². The number of halogens is 1. The Labute approximate surface area is 140 Å². The molecule has 0 radical (unpaired) electrons. The predicted octanol–water partition coefficient (Wildman–Crippen LogP) is 5.20. The summed E-state index contributed by atoms with van der Waals surface area (Å²) < 4.78 is 14.4. The minimum Gasteiger partial charge on any atom is -0.377 e. The van der Waals surface area contributed by atoms with Crippen molar-refractivity contribution in [3.05, 3.63) is 83.8 Å². The second-order valence-electron chi connectivity index (χ2n) is 6.60. The van der Waals surface area contributed by atoms with Crippen molar-refractivity contribution < 1.29 is 4.39 Å². The van der Waals surface area contributed by atoms with Crippen molar-refractivity contribution in [3.8, 4) is 0 Å². The van der Waals surface area contributed by atoms with Crippen molar-refractivity contribution in [2.45, 2.75) is 18.4 Å². The summed E-state index contributed by atoms with van der Waals surface area (Å²) in [5.74, 6) is 0.543. The lowest BCUT2D eigenvalue weighted by Gasteiger charge is -2.38. The third-order valence-electron chi connectivity index (χ3n) is 5.36. The number of hydrogen-bond donors (Lipinski definition) is 1. The molecular formula is C21H17FN2. The van der Waals surface area contributed by atoms with Gasteiger partial charge < -0.3 is 5.32 Å². The average Bonchev–Trinajstić information content (AvgIpc) is 3.11. The SMILES string of the molecule is Fc1ccccc1[C@H]1Nc2c(ccc3ncccc23)[C@H]2C=CC[C@H]21. The molecule has 3 heteroatoms. The Morgan fingerprint density at radius 2 is 1.92 bits per heavy atom. The molecular weight excluding hydrogens is 299 g/mol. The fraction of sp³-hybridized carbons (Fsp3) is 0.190. The summed E-state index contributed by atoms with van der Waals surface area (Å²) in [4.78, 5) is 4.46. The van der Waals surface area contributed by atoms with Crippen LogP contribution in [0.5, 0.6) is 0 Å². The van der Waals surface area contributed by atoms with Gasteiger partial charge in [0.05, 0.1) is 11.6 Å². The second-order valence-corrected chi connectivity index (χ2v) is 6.60. The van der Waals surface area contributed by atoms with Gasteiger partial charge in [-0.25, -0.2) is 4.39 Å². The highest BCUT2D eigenvalue weighted by Crippen LogP contribution is 2.51. The third kappa shape index (κ3) is 1.91. The fourth-order valence-electron chi connectivity index (χ4n) is 4.26. The molecule has 0 unspecified atom stereocenters. The lowest BCUT2D eigenvalue weighted by Crippen LogP contribution is -2.29. The number of anilines is 1. The van der Waals surface area contributed by atoms with Crippen LogP contribution in [-0.2, 0) is 0 Å². The van der Waals surface area contributed by atoms with Gasteiger partial charge in [-0.3, -0.25) is 4.98 Å². The van der Waals surface area contributed by atoms with Gasteiger partial charge in [0.25, 0.3) is 0 Å². The molecule has 2 aliphatic rings. The Balaban J connectivity index is 1.72. The molecule has 1 N–H and O–H groups in total. The lowest BCUT2D eigenvalue weighted by atomic mass is 9.76. The van der Waals surface area contributed by atoms with Gasteiger partial charge in [0, 0.05) is 28.8 Å². The molecule has 5 rings (SSSR count). The molecule has 0 saturated heterocycles. The topological polar surface area (TPSA) is 24.9 Å². The zero-order valence-corrected chi connectivity index (χ0v) is 13.1. The minimum atomic E-state index is -0.137. The Kier molecular flexibility index (Phi) is 2.96. The normalized spacial score (nSPS) is 24.5. The molecule has 1 aliphatic heterocycles. The Bertz CT molecular complexity index is 963. The van der Waals surface area contributed by atoms with Crippen molar-refractivity contribution in [2.24, 2.45) is 5.92 Å². The molecule has 118 valence electrons. The van der Waals surface area contributed by atoms with E-state index >= 15 is 0 Å². The van der Waals surface area contributed by atoms with Gasteiger partial charge in [-0.2, -0.15) is 0 Å². The van der Waals surface area contributed by atoms with Crippen molar-refractivity contribution in [2.75, 3.05) is 5.32 Å². The number of rotatable bonds is 1. The fourth-order valence-corrected chi connectivity index (χ4v) is 4.26. The first kappa shape index (κ1) is 13.7. The molecule has 24 heavy (non-hydrogen) atoms. The highest BCUT2D eigenvalue weighted by molar-refractivity contribution is 5.94. The highest BCUT2D eigenvalue weighted by Gasteiger charge is 2.39. The van der Waals surface area contributed by atoms with Crippen LogP contribution in [0.1, 0.15) is 29.5 Å². The third-order valence-corrected chi connectivity index (χ3v) is 5.36. The lowest BCUT2D eigenvalue weighted by molar-refractivity contribution is 0.414. The van der Waals surface area contributed by atoms with Crippen molar-refractivity contribution >= 4 is 16.6 Å². The zero-order valence-electron chi connectivity index (χ0n) is 13.1. The zero-order chi connectivity index (χ0) is 16.1. The molecule has 2 nitrogen and oxygen atoms in total. The molecule has 0 spiro atoms. The smallest absolute Gasteiger partial charge is 0.128 e. The van der Waals surface area contributed by atoms with Gasteiger partial charge in [0.1, 0.15) is 5.82 Å². The van der Waals surface area contributed by atoms with Crippen LogP contribution in [0.3, 0.4) is 0 Å². The summed E-state index contributed by atoms with van der Waals surface area (Å²) in [7, 11) is 0. The first-order valence-electron chi connectivity index (χ1n) is 8.38. The number of hydrogen-bond acceptors (Lipinski definition) is 2. The van der Waals surface area contributed by atoms with E-state index in [9.17, 15) is 4.39 Å². The molecule has 0 amide bonds. The number of nitrogens with zero attached hydrogens (tertiary/aromatic N) is 1. The number of benzene rings is 2. The van der Waals surface area contributed by atoms with E-state index in [2.05, 4.69) is 40.7 Å². The molecule has 3 atom stereocenters. The van der Waals surface area contributed by atoms with Gasteiger partial charge in [-0.15, -0.1) is 0 Å². The Morgan fingerprint density at radius 3 is 2.83 bits per heavy atom. The maximum Gasteiger partial charge on any atom is 0.128 e. The van der Waals surface area contributed by atoms with Crippen LogP contribution in [0.2, 0.25) is 0 Å². The van der Waals surface area contributed by atoms with E-state index in [1.54, 1.807) is 12.1 Å². The van der Waals surface area contributed by atoms with E-state index in [1.165, 1.54) is 5.56 Å². The van der Waals surface area contributed by atoms with Crippen LogP contribution in [0.15, 0.2) is 66.9 Å². The number of fused-ring (bicyclic) bond motifs is 5. The van der Waals surface area contributed by atoms with Crippen molar-refractivity contribution in [1.82, 2.24) is 4.98 Å². The van der Waals surface area contributed by atoms with Crippen LogP contribution in [0.25, 0.3) is 10.9 Å². The number of aromatic nitrogens is 1. The summed E-state index contributed by atoms with van der Waals surface area (Å²) in [5, 5.41) is 4.76. The van der Waals surface area contributed by atoms with Gasteiger partial charge in [0.15, 0.2) is 0 Å². The average molecular weight is 316 g/mol. The summed E-state index contributed by atoms with van der Waals surface area (Å²) >= 11 is 0. The summed E-state index contributed by atoms with van der Waals surface area (Å²) in [5.41, 5.74) is 4.11. The van der Waals surface area contributed by atoms with Crippen LogP contribution < -0.4 is 5.32 Å². The van der Waals surface area contributed by atoms with Crippen LogP contribution in [0.4, 0.5) is 10.1 Å². The second kappa shape index (κ2) is 5.17. The standard InChI is InChI=1S/C21H17FN2/c22-18-9-2-1-5-16(18)20-14-7-3-6-13(14)15-10-11-19-17(21(15)24-20)8-4-12-23-19/h1-6,8-14,20,24H,7H2/t13-,14+,20-/m0/s1. The minimum absolute atomic E-state index is 0.0236. The van der Waals surface area contributed by atoms with Gasteiger partial charge in [-0.05, 0) is 42.2 Å². The largest absolute Gasteiger partial charge is 0.377 e. The maximum absolute atomic E-state index is 14.4. The molecule has 0 bridgehead atoms. The molecule has 3 aromatic rings. The Morgan fingerprint density at radius 1 is 1.00 bits per heavy atom. The Hall–Kier alpha value is -2.68. The van der Waals surface area contributed by atoms with E-state index in [0.29, 0.717) is 11.8 Å². The van der Waals surface area contributed by atoms with Crippen molar-refractivity contribution in [1.29, 1.82) is 0 Å². The summed E-state index contributed by atoms with van der Waals surface area (Å²) in [6, 6.07) is 15.4. The molecule has 1 aliphatic carbocycles. The van der Waals surface area contributed by atoms with Gasteiger partial charge >= 0.3 is 0 Å². The van der Waals surface area contributed by atoms with Crippen LogP contribution in [-0.4, -0.2) is 4.98 Å². The first-order chi connectivity index (χ1) is 11.8. The number of nitrogens with one attached hydrogen (secondary N) is 1. The molecule has 0 fully saturated rings. The van der Waals surface area contributed by atoms with Gasteiger partial charge in [0.2, 0.25) is 0 Å². The molecule has 2 heterocycles. The number of pyridine rings is 1. The quantitative estimate of drug-likeness (QED) is 0.624. The van der Waals surface area contributed by atoms with Crippen molar-refractivity contribution in [3.63, 3.8) is 0 Å². The van der Waals surface area contributed by atoms with Crippen LogP contribution >= 0.6 is 0 Å². The molecule has 1 aromatic heterocycles. The molecule has 2 aromatic carbocycles. The molecule has 0 saturated carbocycles. The van der Waals surface area contributed by atoms with E-state index in [0.717, 1.165) is 28.6 Å². The highest BCUT2D eigenvalue weighted by atomic mass is 19.1. The van der Waals surface area contributed by atoms with E-state index < -0.39 is 0 Å². The predicted molar refractivity (Wildman–Crippen MR) is 94.5 cm³/mol. The summed E-state index contributed by atoms with van der Waals surface area (Å²) in [6.07, 6.45) is 7.29. The summed E-state index contributed by atoms with van der Waals surface area (Å²) in [6.45, 7) is 0. The van der Waals surface area contributed by atoms with E-state index in [4.69, 9.17) is 0 Å².